The summed E-state index contributed by atoms with van der Waals surface area (Å²) in [5.41, 5.74) is 0.911. The number of hydrogen-bond acceptors (Lipinski definition) is 5. The third kappa shape index (κ3) is 4.96. The molecule has 35 heavy (non-hydrogen) atoms. The van der Waals surface area contributed by atoms with Crippen molar-refractivity contribution in [2.75, 3.05) is 11.9 Å². The highest BCUT2D eigenvalue weighted by molar-refractivity contribution is 7.09. The molecule has 10 heteroatoms. The molecular weight excluding hydrogens is 507 g/mol. The molecule has 1 aliphatic carbocycles. The van der Waals surface area contributed by atoms with Crippen LogP contribution in [0.2, 0.25) is 10.0 Å². The number of pyridine rings is 1. The number of nitrogens with one attached hydrogen (secondary N) is 2. The first-order valence-electron chi connectivity index (χ1n) is 11.0. The largest absolute Gasteiger partial charge is 0.352 e. The smallest absolute Gasteiger partial charge is 0.265 e. The van der Waals surface area contributed by atoms with Gasteiger partial charge in [0.15, 0.2) is 0 Å². The van der Waals surface area contributed by atoms with Crippen molar-refractivity contribution in [2.24, 2.45) is 5.92 Å². The molecule has 0 unspecified atom stereocenters. The number of halogens is 2. The SMILES string of the molecule is O=C(NCCc1cccs1)c1cc(Cl)c(C(=O)n2ccc3c(NC(=O)C4CC4)nccc32)c(Cl)c1. The molecule has 4 aromatic rings. The molecule has 5 rings (SSSR count). The van der Waals surface area contributed by atoms with E-state index in [1.165, 1.54) is 27.8 Å². The van der Waals surface area contributed by atoms with Crippen LogP contribution in [-0.4, -0.2) is 33.8 Å². The first-order chi connectivity index (χ1) is 16.9. The Balaban J connectivity index is 1.36. The number of thiophene rings is 1. The lowest BCUT2D eigenvalue weighted by Gasteiger charge is -2.11. The minimum Gasteiger partial charge on any atom is -0.352 e. The first-order valence-corrected chi connectivity index (χ1v) is 12.7. The van der Waals surface area contributed by atoms with Crippen molar-refractivity contribution in [3.8, 4) is 0 Å². The molecule has 1 aromatic carbocycles. The Morgan fingerprint density at radius 1 is 1.11 bits per heavy atom. The van der Waals surface area contributed by atoms with Gasteiger partial charge in [0.2, 0.25) is 5.91 Å². The van der Waals surface area contributed by atoms with Crippen LogP contribution >= 0.6 is 34.5 Å². The number of carbonyl (C=O) groups is 3. The number of rotatable bonds is 7. The van der Waals surface area contributed by atoms with Crippen molar-refractivity contribution >= 4 is 69.0 Å². The fraction of sp³-hybridized carbons (Fsp3) is 0.200. The Hall–Kier alpha value is -3.20. The summed E-state index contributed by atoms with van der Waals surface area (Å²) in [6.07, 6.45) is 5.59. The predicted molar refractivity (Wildman–Crippen MR) is 138 cm³/mol. The number of carbonyl (C=O) groups excluding carboxylic acids is 3. The highest BCUT2D eigenvalue weighted by atomic mass is 35.5. The van der Waals surface area contributed by atoms with Crippen LogP contribution in [0.5, 0.6) is 0 Å². The summed E-state index contributed by atoms with van der Waals surface area (Å²) in [7, 11) is 0. The molecule has 1 fully saturated rings. The minimum atomic E-state index is -0.453. The Morgan fingerprint density at radius 3 is 2.57 bits per heavy atom. The van der Waals surface area contributed by atoms with Crippen LogP contribution in [0.3, 0.4) is 0 Å². The van der Waals surface area contributed by atoms with Crippen molar-refractivity contribution in [2.45, 2.75) is 19.3 Å². The summed E-state index contributed by atoms with van der Waals surface area (Å²) in [5, 5.41) is 8.44. The highest BCUT2D eigenvalue weighted by Gasteiger charge is 2.30. The van der Waals surface area contributed by atoms with E-state index in [9.17, 15) is 14.4 Å². The number of hydrogen-bond donors (Lipinski definition) is 2. The predicted octanol–water partition coefficient (Wildman–Crippen LogP) is 5.41. The number of anilines is 1. The fourth-order valence-electron chi connectivity index (χ4n) is 3.79. The number of benzene rings is 1. The number of amides is 2. The molecule has 0 radical (unpaired) electrons. The molecule has 2 amide bonds. The molecule has 2 N–H and O–H groups in total. The van der Waals surface area contributed by atoms with Crippen LogP contribution in [0.15, 0.2) is 54.2 Å². The van der Waals surface area contributed by atoms with E-state index in [4.69, 9.17) is 23.2 Å². The van der Waals surface area contributed by atoms with Gasteiger partial charge >= 0.3 is 0 Å². The summed E-state index contributed by atoms with van der Waals surface area (Å²) >= 11 is 14.5. The maximum Gasteiger partial charge on any atom is 0.265 e. The maximum atomic E-state index is 13.4. The third-order valence-electron chi connectivity index (χ3n) is 5.78. The van der Waals surface area contributed by atoms with Crippen LogP contribution in [0, 0.1) is 5.92 Å². The van der Waals surface area contributed by atoms with E-state index in [0.29, 0.717) is 23.3 Å². The second kappa shape index (κ2) is 9.81. The average Bonchev–Trinajstić information content (AvgIpc) is 3.38. The fourth-order valence-corrected chi connectivity index (χ4v) is 5.15. The van der Waals surface area contributed by atoms with Crippen LogP contribution in [0.4, 0.5) is 5.82 Å². The van der Waals surface area contributed by atoms with Gasteiger partial charge in [0, 0.05) is 40.7 Å². The molecule has 0 atom stereocenters. The van der Waals surface area contributed by atoms with Gasteiger partial charge in [0.25, 0.3) is 11.8 Å². The normalized spacial score (nSPS) is 13.1. The summed E-state index contributed by atoms with van der Waals surface area (Å²) in [6.45, 7) is 0.471. The minimum absolute atomic E-state index is 0.0276. The third-order valence-corrected chi connectivity index (χ3v) is 7.31. The molecular formula is C25H20Cl2N4O3S. The van der Waals surface area contributed by atoms with E-state index in [-0.39, 0.29) is 38.9 Å². The molecule has 3 aromatic heterocycles. The second-order valence-electron chi connectivity index (χ2n) is 8.25. The zero-order chi connectivity index (χ0) is 24.5. The summed E-state index contributed by atoms with van der Waals surface area (Å²) in [4.78, 5) is 43.6. The quantitative estimate of drug-likeness (QED) is 0.336. The lowest BCUT2D eigenvalue weighted by atomic mass is 10.1. The van der Waals surface area contributed by atoms with E-state index in [0.717, 1.165) is 19.3 Å². The molecule has 7 nitrogen and oxygen atoms in total. The van der Waals surface area contributed by atoms with Crippen molar-refractivity contribution < 1.29 is 14.4 Å². The average molecular weight is 527 g/mol. The van der Waals surface area contributed by atoms with Crippen molar-refractivity contribution in [1.29, 1.82) is 0 Å². The Labute approximate surface area is 215 Å². The van der Waals surface area contributed by atoms with Crippen LogP contribution < -0.4 is 10.6 Å². The molecule has 0 aliphatic heterocycles. The Kier molecular flexibility index (Phi) is 6.60. The zero-order valence-electron chi connectivity index (χ0n) is 18.4. The Bertz CT molecular complexity index is 1420. The van der Waals surface area contributed by atoms with E-state index < -0.39 is 5.91 Å². The van der Waals surface area contributed by atoms with Gasteiger partial charge in [0.05, 0.1) is 21.1 Å². The summed E-state index contributed by atoms with van der Waals surface area (Å²) in [5.74, 6) is -0.417. The van der Waals surface area contributed by atoms with E-state index in [1.807, 2.05) is 17.5 Å². The topological polar surface area (TPSA) is 93.1 Å². The summed E-state index contributed by atoms with van der Waals surface area (Å²) in [6, 6.07) is 10.2. The summed E-state index contributed by atoms with van der Waals surface area (Å²) < 4.78 is 1.40. The lowest BCUT2D eigenvalue weighted by molar-refractivity contribution is -0.117. The molecule has 3 heterocycles. The molecule has 1 aliphatic rings. The van der Waals surface area contributed by atoms with Crippen molar-refractivity contribution in [1.82, 2.24) is 14.9 Å². The van der Waals surface area contributed by atoms with Gasteiger partial charge < -0.3 is 10.6 Å². The van der Waals surface area contributed by atoms with Crippen LogP contribution in [0.1, 0.15) is 38.4 Å². The number of aromatic nitrogens is 2. The van der Waals surface area contributed by atoms with Gasteiger partial charge in [-0.15, -0.1) is 11.3 Å². The molecule has 0 bridgehead atoms. The van der Waals surface area contributed by atoms with Crippen LogP contribution in [0.25, 0.3) is 10.9 Å². The Morgan fingerprint density at radius 2 is 1.89 bits per heavy atom. The zero-order valence-corrected chi connectivity index (χ0v) is 20.7. The van der Waals surface area contributed by atoms with Gasteiger partial charge in [-0.25, -0.2) is 4.98 Å². The van der Waals surface area contributed by atoms with E-state index in [2.05, 4.69) is 15.6 Å². The lowest BCUT2D eigenvalue weighted by Crippen LogP contribution is -2.25. The van der Waals surface area contributed by atoms with E-state index >= 15 is 0 Å². The highest BCUT2D eigenvalue weighted by Crippen LogP contribution is 2.32. The number of fused-ring (bicyclic) bond motifs is 1. The molecule has 178 valence electrons. The second-order valence-corrected chi connectivity index (χ2v) is 10.1. The first kappa shape index (κ1) is 23.5. The van der Waals surface area contributed by atoms with Crippen molar-refractivity contribution in [3.63, 3.8) is 0 Å². The molecule has 0 spiro atoms. The van der Waals surface area contributed by atoms with Crippen molar-refractivity contribution in [3.05, 3.63) is 80.2 Å². The van der Waals surface area contributed by atoms with Gasteiger partial charge in [-0.3, -0.25) is 19.0 Å². The number of nitrogens with zero attached hydrogens (tertiary/aromatic N) is 2. The standard InChI is InChI=1S/C25H20Cl2N4O3S/c26-18-12-15(23(32)29-8-5-16-2-1-11-35-16)13-19(27)21(18)25(34)31-10-7-17-20(31)6-9-28-22(17)30-24(33)14-3-4-14/h1-2,6-7,9-14H,3-5,8H2,(H,29,32)(H,28,30,33). The monoisotopic (exact) mass is 526 g/mol. The molecule has 1 saturated carbocycles. The van der Waals surface area contributed by atoms with Gasteiger partial charge in [-0.05, 0) is 55.0 Å². The van der Waals surface area contributed by atoms with Gasteiger partial charge in [0.1, 0.15) is 5.82 Å². The van der Waals surface area contributed by atoms with Gasteiger partial charge in [-0.2, -0.15) is 0 Å². The van der Waals surface area contributed by atoms with E-state index in [1.54, 1.807) is 29.7 Å². The van der Waals surface area contributed by atoms with Gasteiger partial charge in [-0.1, -0.05) is 29.3 Å². The molecule has 0 saturated heterocycles. The van der Waals surface area contributed by atoms with Crippen LogP contribution in [-0.2, 0) is 11.2 Å². The maximum absolute atomic E-state index is 13.4.